The number of benzene rings is 3. The Balaban J connectivity index is 1.89. The third kappa shape index (κ3) is 4.11. The van der Waals surface area contributed by atoms with Gasteiger partial charge in [0.15, 0.2) is 0 Å². The summed E-state index contributed by atoms with van der Waals surface area (Å²) in [6, 6.07) is 22.1. The van der Waals surface area contributed by atoms with Crippen molar-refractivity contribution < 1.29 is 9.18 Å². The largest absolute Gasteiger partial charge is 0.352 e. The highest BCUT2D eigenvalue weighted by Crippen LogP contribution is 2.15. The van der Waals surface area contributed by atoms with Gasteiger partial charge in [0.1, 0.15) is 5.82 Å². The minimum absolute atomic E-state index is 0.163. The van der Waals surface area contributed by atoms with Crippen LogP contribution in [-0.4, -0.2) is 20.3 Å². The Morgan fingerprint density at radius 3 is 2.25 bits per heavy atom. The van der Waals surface area contributed by atoms with Crippen LogP contribution >= 0.6 is 0 Å². The number of anilines is 1. The maximum atomic E-state index is 13.5. The first-order valence-corrected chi connectivity index (χ1v) is 9.89. The van der Waals surface area contributed by atoms with Crippen LogP contribution in [0.1, 0.15) is 29.0 Å². The molecule has 4 aromatic rings. The van der Waals surface area contributed by atoms with Crippen molar-refractivity contribution in [3.05, 3.63) is 123 Å². The molecule has 0 aliphatic carbocycles. The Morgan fingerprint density at radius 2 is 1.59 bits per heavy atom. The number of nitrogens with zero attached hydrogens (tertiary/aromatic N) is 3. The molecule has 1 N–H and O–H groups in total. The molecule has 4 rings (SSSR count). The van der Waals surface area contributed by atoms with Crippen molar-refractivity contribution in [2.45, 2.75) is 13.0 Å². The summed E-state index contributed by atoms with van der Waals surface area (Å²) in [6.45, 7) is 1.70. The second-order valence-electron chi connectivity index (χ2n) is 7.10. The fourth-order valence-electron chi connectivity index (χ4n) is 3.35. The van der Waals surface area contributed by atoms with Crippen LogP contribution in [0.5, 0.6) is 0 Å². The highest BCUT2D eigenvalue weighted by Gasteiger charge is 2.24. The number of carbonyl (C=O) groups is 1. The van der Waals surface area contributed by atoms with E-state index in [4.69, 9.17) is 0 Å². The summed E-state index contributed by atoms with van der Waals surface area (Å²) >= 11 is 0. The molecule has 7 nitrogen and oxygen atoms in total. The van der Waals surface area contributed by atoms with Crippen LogP contribution < -0.4 is 16.6 Å². The number of nitrogens with one attached hydrogen (secondary N) is 1. The predicted molar refractivity (Wildman–Crippen MR) is 119 cm³/mol. The summed E-state index contributed by atoms with van der Waals surface area (Å²) < 4.78 is 15.5. The summed E-state index contributed by atoms with van der Waals surface area (Å²) in [5.74, 6) is -1.39. The molecule has 0 radical (unpaired) electrons. The van der Waals surface area contributed by atoms with Crippen LogP contribution in [-0.2, 0) is 0 Å². The Bertz CT molecular complexity index is 1380. The molecule has 0 fully saturated rings. The lowest BCUT2D eigenvalue weighted by atomic mass is 10.1. The number of carbonyl (C=O) groups excluding carboxylic acids is 1. The van der Waals surface area contributed by atoms with Crippen molar-refractivity contribution in [3.8, 4) is 5.69 Å². The molecule has 1 aromatic heterocycles. The minimum Gasteiger partial charge on any atom is -0.320 e. The van der Waals surface area contributed by atoms with E-state index in [0.717, 1.165) is 15.3 Å². The molecule has 0 aliphatic rings. The molecule has 0 aliphatic heterocycles. The average molecular weight is 430 g/mol. The predicted octanol–water partition coefficient (Wildman–Crippen LogP) is 3.39. The van der Waals surface area contributed by atoms with Gasteiger partial charge >= 0.3 is 5.69 Å². The van der Waals surface area contributed by atoms with Gasteiger partial charge < -0.3 is 5.32 Å². The second-order valence-corrected chi connectivity index (χ2v) is 7.10. The lowest BCUT2D eigenvalue weighted by molar-refractivity contribution is 0.101. The van der Waals surface area contributed by atoms with Crippen LogP contribution in [0.3, 0.4) is 0 Å². The number of hydrogen-bond donors (Lipinski definition) is 1. The molecule has 8 heteroatoms. The highest BCUT2D eigenvalue weighted by atomic mass is 19.1. The fourth-order valence-corrected chi connectivity index (χ4v) is 3.35. The van der Waals surface area contributed by atoms with Gasteiger partial charge in [0, 0.05) is 5.69 Å². The van der Waals surface area contributed by atoms with Gasteiger partial charge in [-0.3, -0.25) is 9.59 Å². The molecule has 160 valence electrons. The molecule has 0 spiro atoms. The molecule has 0 bridgehead atoms. The monoisotopic (exact) mass is 430 g/mol. The van der Waals surface area contributed by atoms with Crippen LogP contribution in [0.25, 0.3) is 5.69 Å². The van der Waals surface area contributed by atoms with Gasteiger partial charge in [-0.05, 0) is 42.8 Å². The van der Waals surface area contributed by atoms with Crippen molar-refractivity contribution in [2.24, 2.45) is 0 Å². The maximum Gasteiger partial charge on any atom is 0.352 e. The number of hydrogen-bond acceptors (Lipinski definition) is 4. The second kappa shape index (κ2) is 8.81. The Hall–Kier alpha value is -4.33. The number of halogens is 1. The first kappa shape index (κ1) is 20.9. The molecular weight excluding hydrogens is 411 g/mol. The van der Waals surface area contributed by atoms with E-state index in [2.05, 4.69) is 10.4 Å². The van der Waals surface area contributed by atoms with E-state index in [1.54, 1.807) is 61.5 Å². The quantitative estimate of drug-likeness (QED) is 0.526. The van der Waals surface area contributed by atoms with E-state index < -0.39 is 34.7 Å². The topological polar surface area (TPSA) is 86.0 Å². The van der Waals surface area contributed by atoms with Gasteiger partial charge in [-0.25, -0.2) is 13.8 Å². The van der Waals surface area contributed by atoms with E-state index in [0.29, 0.717) is 11.3 Å². The molecule has 0 saturated carbocycles. The van der Waals surface area contributed by atoms with Gasteiger partial charge in [-0.1, -0.05) is 54.6 Å². The number of rotatable bonds is 5. The van der Waals surface area contributed by atoms with Crippen LogP contribution in [0.4, 0.5) is 10.1 Å². The highest BCUT2D eigenvalue weighted by molar-refractivity contribution is 6.02. The van der Waals surface area contributed by atoms with Gasteiger partial charge in [-0.2, -0.15) is 9.78 Å². The Kier molecular flexibility index (Phi) is 5.76. The van der Waals surface area contributed by atoms with Crippen molar-refractivity contribution in [1.82, 2.24) is 14.3 Å². The van der Waals surface area contributed by atoms with E-state index in [1.807, 2.05) is 6.07 Å². The van der Waals surface area contributed by atoms with Gasteiger partial charge in [0.05, 0.1) is 11.7 Å². The summed E-state index contributed by atoms with van der Waals surface area (Å²) in [4.78, 5) is 39.4. The normalized spacial score (nSPS) is 11.7. The summed E-state index contributed by atoms with van der Waals surface area (Å²) in [5.41, 5.74) is -0.732. The van der Waals surface area contributed by atoms with Crippen LogP contribution in [0, 0.1) is 5.82 Å². The molecule has 1 heterocycles. The maximum absolute atomic E-state index is 13.5. The number of aromatic nitrogens is 3. The summed E-state index contributed by atoms with van der Waals surface area (Å²) in [7, 11) is 0. The molecule has 0 saturated heterocycles. The van der Waals surface area contributed by atoms with Crippen LogP contribution in [0.2, 0.25) is 0 Å². The van der Waals surface area contributed by atoms with Crippen molar-refractivity contribution in [2.75, 3.05) is 5.32 Å². The zero-order valence-electron chi connectivity index (χ0n) is 17.1. The van der Waals surface area contributed by atoms with Gasteiger partial charge in [0.2, 0.25) is 5.69 Å². The fraction of sp³-hybridized carbons (Fsp3) is 0.0833. The molecule has 1 unspecified atom stereocenters. The van der Waals surface area contributed by atoms with Crippen molar-refractivity contribution >= 4 is 11.6 Å². The lowest BCUT2D eigenvalue weighted by Crippen LogP contribution is -2.46. The molecule has 32 heavy (non-hydrogen) atoms. The summed E-state index contributed by atoms with van der Waals surface area (Å²) in [5, 5.41) is 6.54. The van der Waals surface area contributed by atoms with E-state index >= 15 is 0 Å². The first-order valence-electron chi connectivity index (χ1n) is 9.89. The zero-order valence-corrected chi connectivity index (χ0v) is 17.1. The Morgan fingerprint density at radius 1 is 0.938 bits per heavy atom. The molecular formula is C24H19FN4O3. The van der Waals surface area contributed by atoms with Gasteiger partial charge in [-0.15, -0.1) is 0 Å². The van der Waals surface area contributed by atoms with E-state index in [9.17, 15) is 18.8 Å². The van der Waals surface area contributed by atoms with E-state index in [1.165, 1.54) is 18.2 Å². The van der Waals surface area contributed by atoms with Crippen molar-refractivity contribution in [3.63, 3.8) is 0 Å². The molecule has 1 amide bonds. The first-order chi connectivity index (χ1) is 15.5. The number of amides is 1. The zero-order chi connectivity index (χ0) is 22.7. The summed E-state index contributed by atoms with van der Waals surface area (Å²) in [6.07, 6.45) is 0. The standard InChI is InChI=1S/C24H19FN4O3/c1-16(17-9-4-2-5-10-17)28-23(31)21(22(30)26-19-12-8-11-18(25)15-19)27-29(24(28)32)20-13-6-3-7-14-20/h2-16H,1H3,(H,26,30). The number of para-hydroxylation sites is 1. The molecule has 3 aromatic carbocycles. The third-order valence-electron chi connectivity index (χ3n) is 4.98. The minimum atomic E-state index is -0.848. The average Bonchev–Trinajstić information content (AvgIpc) is 2.80. The SMILES string of the molecule is CC(c1ccccc1)n1c(=O)c(C(=O)Nc2cccc(F)c2)nn(-c2ccccc2)c1=O. The van der Waals surface area contributed by atoms with Crippen molar-refractivity contribution in [1.29, 1.82) is 0 Å². The van der Waals surface area contributed by atoms with Crippen LogP contribution in [0.15, 0.2) is 94.5 Å². The van der Waals surface area contributed by atoms with E-state index in [-0.39, 0.29) is 5.69 Å². The van der Waals surface area contributed by atoms with Gasteiger partial charge in [0.25, 0.3) is 11.5 Å². The smallest absolute Gasteiger partial charge is 0.320 e. The lowest BCUT2D eigenvalue weighted by Gasteiger charge is -2.17. The third-order valence-corrected chi connectivity index (χ3v) is 4.98. The molecule has 1 atom stereocenters. The Labute approximate surface area is 182 Å².